The van der Waals surface area contributed by atoms with Crippen LogP contribution in [0.15, 0.2) is 18.2 Å². The van der Waals surface area contributed by atoms with E-state index in [0.29, 0.717) is 11.5 Å². The van der Waals surface area contributed by atoms with Gasteiger partial charge < -0.3 is 19.5 Å². The largest absolute Gasteiger partial charge is 0.493 e. The van der Waals surface area contributed by atoms with Gasteiger partial charge in [-0.2, -0.15) is 0 Å². The van der Waals surface area contributed by atoms with E-state index in [9.17, 15) is 9.59 Å². The Labute approximate surface area is 124 Å². The second-order valence-corrected chi connectivity index (χ2v) is 4.95. The predicted octanol–water partition coefficient (Wildman–Crippen LogP) is 1.70. The molecule has 1 aromatic rings. The van der Waals surface area contributed by atoms with Crippen LogP contribution in [0.5, 0.6) is 11.5 Å². The molecule has 0 heterocycles. The lowest BCUT2D eigenvalue weighted by Crippen LogP contribution is -2.43. The molecule has 0 saturated carbocycles. The third kappa shape index (κ3) is 4.98. The fourth-order valence-corrected chi connectivity index (χ4v) is 1.82. The first-order valence-corrected chi connectivity index (χ1v) is 6.63. The van der Waals surface area contributed by atoms with Gasteiger partial charge in [0.2, 0.25) is 0 Å². The molecule has 0 aromatic heterocycles. The summed E-state index contributed by atoms with van der Waals surface area (Å²) in [5.74, 6) is -0.437. The number of aryl methyl sites for hydroxylation is 1. The Morgan fingerprint density at radius 1 is 1.29 bits per heavy atom. The smallest absolute Gasteiger partial charge is 0.323 e. The zero-order chi connectivity index (χ0) is 16.0. The van der Waals surface area contributed by atoms with Gasteiger partial charge in [-0.1, -0.05) is 6.07 Å². The number of nitrogens with zero attached hydrogens (tertiary/aromatic N) is 1. The fourth-order valence-electron chi connectivity index (χ4n) is 1.82. The summed E-state index contributed by atoms with van der Waals surface area (Å²) in [4.78, 5) is 24.1. The molecule has 1 aromatic carbocycles. The maximum absolute atomic E-state index is 12.1. The molecule has 0 aliphatic rings. The van der Waals surface area contributed by atoms with Gasteiger partial charge in [0.15, 0.2) is 18.1 Å². The molecular formula is C15H21NO5. The molecule has 1 N–H and O–H groups in total. The van der Waals surface area contributed by atoms with Crippen LogP contribution in [-0.4, -0.2) is 48.2 Å². The summed E-state index contributed by atoms with van der Waals surface area (Å²) in [6.07, 6.45) is 0. The van der Waals surface area contributed by atoms with Crippen molar-refractivity contribution in [1.82, 2.24) is 4.90 Å². The number of hydrogen-bond acceptors (Lipinski definition) is 4. The van der Waals surface area contributed by atoms with Crippen molar-refractivity contribution in [2.75, 3.05) is 20.3 Å². The summed E-state index contributed by atoms with van der Waals surface area (Å²) in [5.41, 5.74) is 1.01. The highest BCUT2D eigenvalue weighted by Crippen LogP contribution is 2.27. The van der Waals surface area contributed by atoms with Gasteiger partial charge in [-0.05, 0) is 38.5 Å². The van der Waals surface area contributed by atoms with Crippen LogP contribution < -0.4 is 9.47 Å². The van der Waals surface area contributed by atoms with Crippen molar-refractivity contribution in [3.8, 4) is 11.5 Å². The van der Waals surface area contributed by atoms with E-state index in [0.717, 1.165) is 5.56 Å². The van der Waals surface area contributed by atoms with E-state index >= 15 is 0 Å². The highest BCUT2D eigenvalue weighted by molar-refractivity contribution is 5.82. The number of ether oxygens (including phenoxy) is 2. The quantitative estimate of drug-likeness (QED) is 0.828. The van der Waals surface area contributed by atoms with Crippen molar-refractivity contribution in [2.45, 2.75) is 26.8 Å². The Balaban J connectivity index is 2.73. The SMILES string of the molecule is COc1cc(C)ccc1OCC(=O)N(CC(=O)O)C(C)C. The number of carboxylic acids is 1. The maximum atomic E-state index is 12.1. The second kappa shape index (κ2) is 7.52. The number of amides is 1. The standard InChI is InChI=1S/C15H21NO5/c1-10(2)16(8-15(18)19)14(17)9-21-12-6-5-11(3)7-13(12)20-4/h5-7,10H,8-9H2,1-4H3,(H,18,19). The van der Waals surface area contributed by atoms with E-state index in [1.807, 2.05) is 13.0 Å². The maximum Gasteiger partial charge on any atom is 0.323 e. The Morgan fingerprint density at radius 3 is 2.48 bits per heavy atom. The summed E-state index contributed by atoms with van der Waals surface area (Å²) in [6, 6.07) is 5.16. The topological polar surface area (TPSA) is 76.1 Å². The van der Waals surface area contributed by atoms with Crippen LogP contribution in [0.1, 0.15) is 19.4 Å². The number of rotatable bonds is 7. The lowest BCUT2D eigenvalue weighted by atomic mass is 10.2. The molecule has 6 nitrogen and oxygen atoms in total. The lowest BCUT2D eigenvalue weighted by molar-refractivity contribution is -0.146. The summed E-state index contributed by atoms with van der Waals surface area (Å²) < 4.78 is 10.6. The zero-order valence-corrected chi connectivity index (χ0v) is 12.8. The highest BCUT2D eigenvalue weighted by atomic mass is 16.5. The molecule has 0 bridgehead atoms. The van der Waals surface area contributed by atoms with Gasteiger partial charge in [-0.15, -0.1) is 0 Å². The van der Waals surface area contributed by atoms with E-state index in [1.165, 1.54) is 12.0 Å². The minimum atomic E-state index is -1.05. The summed E-state index contributed by atoms with van der Waals surface area (Å²) in [6.45, 7) is 4.86. The molecule has 116 valence electrons. The Bertz CT molecular complexity index is 513. The summed E-state index contributed by atoms with van der Waals surface area (Å²) >= 11 is 0. The first-order valence-electron chi connectivity index (χ1n) is 6.63. The Hall–Kier alpha value is -2.24. The van der Waals surface area contributed by atoms with Crippen LogP contribution in [0.2, 0.25) is 0 Å². The van der Waals surface area contributed by atoms with Gasteiger partial charge in [0, 0.05) is 6.04 Å². The average molecular weight is 295 g/mol. The van der Waals surface area contributed by atoms with Crippen LogP contribution in [-0.2, 0) is 9.59 Å². The molecule has 0 unspecified atom stereocenters. The van der Waals surface area contributed by atoms with Crippen LogP contribution in [0.4, 0.5) is 0 Å². The number of aliphatic carboxylic acids is 1. The van der Waals surface area contributed by atoms with E-state index in [-0.39, 0.29) is 25.1 Å². The van der Waals surface area contributed by atoms with Crippen LogP contribution in [0, 0.1) is 6.92 Å². The molecule has 0 saturated heterocycles. The number of methoxy groups -OCH3 is 1. The van der Waals surface area contributed by atoms with Gasteiger partial charge >= 0.3 is 5.97 Å². The van der Waals surface area contributed by atoms with Crippen LogP contribution in [0.3, 0.4) is 0 Å². The Kier molecular flexibility index (Phi) is 6.02. The van der Waals surface area contributed by atoms with Gasteiger partial charge in [-0.3, -0.25) is 9.59 Å². The molecule has 0 atom stereocenters. The number of benzene rings is 1. The molecule has 0 radical (unpaired) electrons. The van der Waals surface area contributed by atoms with Crippen molar-refractivity contribution >= 4 is 11.9 Å². The molecule has 1 amide bonds. The van der Waals surface area contributed by atoms with Gasteiger partial charge in [0.1, 0.15) is 6.54 Å². The molecule has 0 spiro atoms. The first-order chi connectivity index (χ1) is 9.85. The molecule has 1 rings (SSSR count). The highest BCUT2D eigenvalue weighted by Gasteiger charge is 2.20. The predicted molar refractivity (Wildman–Crippen MR) is 77.7 cm³/mol. The van der Waals surface area contributed by atoms with E-state index < -0.39 is 5.97 Å². The molecular weight excluding hydrogens is 274 g/mol. The minimum absolute atomic E-state index is 0.211. The minimum Gasteiger partial charge on any atom is -0.493 e. The first kappa shape index (κ1) is 16.8. The average Bonchev–Trinajstić information content (AvgIpc) is 2.42. The molecule has 6 heteroatoms. The monoisotopic (exact) mass is 295 g/mol. The number of carbonyl (C=O) groups excluding carboxylic acids is 1. The number of carboxylic acid groups (broad SMARTS) is 1. The third-order valence-electron chi connectivity index (χ3n) is 2.92. The van der Waals surface area contributed by atoms with Gasteiger partial charge in [0.25, 0.3) is 5.91 Å². The lowest BCUT2D eigenvalue weighted by Gasteiger charge is -2.25. The number of hydrogen-bond donors (Lipinski definition) is 1. The molecule has 21 heavy (non-hydrogen) atoms. The van der Waals surface area contributed by atoms with Crippen molar-refractivity contribution in [3.05, 3.63) is 23.8 Å². The zero-order valence-electron chi connectivity index (χ0n) is 12.8. The Morgan fingerprint density at radius 2 is 1.95 bits per heavy atom. The van der Waals surface area contributed by atoms with Crippen LogP contribution in [0.25, 0.3) is 0 Å². The third-order valence-corrected chi connectivity index (χ3v) is 2.92. The van der Waals surface area contributed by atoms with Crippen LogP contribution >= 0.6 is 0 Å². The van der Waals surface area contributed by atoms with Crippen molar-refractivity contribution in [1.29, 1.82) is 0 Å². The fraction of sp³-hybridized carbons (Fsp3) is 0.467. The summed E-state index contributed by atoms with van der Waals surface area (Å²) in [5, 5.41) is 8.82. The van der Waals surface area contributed by atoms with Crippen molar-refractivity contribution in [3.63, 3.8) is 0 Å². The summed E-state index contributed by atoms with van der Waals surface area (Å²) in [7, 11) is 1.52. The normalized spacial score (nSPS) is 10.3. The van der Waals surface area contributed by atoms with E-state index in [4.69, 9.17) is 14.6 Å². The number of carbonyl (C=O) groups is 2. The van der Waals surface area contributed by atoms with Crippen molar-refractivity contribution in [2.24, 2.45) is 0 Å². The van der Waals surface area contributed by atoms with Gasteiger partial charge in [-0.25, -0.2) is 0 Å². The van der Waals surface area contributed by atoms with E-state index in [2.05, 4.69) is 0 Å². The molecule has 0 aliphatic carbocycles. The van der Waals surface area contributed by atoms with Gasteiger partial charge in [0.05, 0.1) is 7.11 Å². The van der Waals surface area contributed by atoms with E-state index in [1.54, 1.807) is 26.0 Å². The van der Waals surface area contributed by atoms with Crippen molar-refractivity contribution < 1.29 is 24.2 Å². The molecule has 0 aliphatic heterocycles. The molecule has 0 fully saturated rings. The second-order valence-electron chi connectivity index (χ2n) is 4.95.